The molecule has 1 aliphatic heterocycles. The first-order chi connectivity index (χ1) is 9.66. The van der Waals surface area contributed by atoms with Gasteiger partial charge in [0, 0.05) is 37.0 Å². The van der Waals surface area contributed by atoms with Crippen LogP contribution in [0.1, 0.15) is 10.4 Å². The third-order valence-corrected chi connectivity index (χ3v) is 3.87. The number of halogens is 1. The highest BCUT2D eigenvalue weighted by Gasteiger charge is 2.25. The van der Waals surface area contributed by atoms with E-state index in [-0.39, 0.29) is 5.91 Å². The van der Waals surface area contributed by atoms with Crippen molar-refractivity contribution >= 4 is 33.2 Å². The fraction of sp³-hybridized carbons (Fsp3) is 0.200. The zero-order valence-corrected chi connectivity index (χ0v) is 12.7. The maximum absolute atomic E-state index is 12.7. The van der Waals surface area contributed by atoms with E-state index in [0.717, 1.165) is 22.4 Å². The van der Waals surface area contributed by atoms with E-state index in [4.69, 9.17) is 0 Å². The first kappa shape index (κ1) is 13.1. The third-order valence-electron chi connectivity index (χ3n) is 3.44. The number of carbonyl (C=O) groups excluding carboxylic acids is 1. The zero-order chi connectivity index (χ0) is 14.1. The van der Waals surface area contributed by atoms with Crippen LogP contribution in [-0.4, -0.2) is 31.0 Å². The average Bonchev–Trinajstić information content (AvgIpc) is 2.47. The molecule has 0 radical (unpaired) electrons. The molecule has 0 fully saturated rings. The van der Waals surface area contributed by atoms with Gasteiger partial charge in [0.05, 0.1) is 16.9 Å². The Bertz CT molecular complexity index is 659. The minimum atomic E-state index is -0.0145. The van der Waals surface area contributed by atoms with E-state index in [1.165, 1.54) is 0 Å². The molecule has 1 amide bonds. The maximum Gasteiger partial charge on any atom is 0.260 e. The number of likely N-dealkylation sites (N-methyl/N-ethyl adjacent to an activating group) is 1. The predicted octanol–water partition coefficient (Wildman–Crippen LogP) is 2.94. The van der Waals surface area contributed by atoms with Crippen LogP contribution in [0, 0.1) is 0 Å². The Kier molecular flexibility index (Phi) is 3.44. The highest BCUT2D eigenvalue weighted by atomic mass is 79.9. The molecule has 20 heavy (non-hydrogen) atoms. The van der Waals surface area contributed by atoms with Crippen LogP contribution in [0.25, 0.3) is 0 Å². The van der Waals surface area contributed by atoms with Crippen molar-refractivity contribution in [2.24, 2.45) is 0 Å². The van der Waals surface area contributed by atoms with E-state index in [9.17, 15) is 4.79 Å². The first-order valence-corrected chi connectivity index (χ1v) is 7.19. The monoisotopic (exact) mass is 331 g/mol. The molecule has 1 aromatic heterocycles. The Labute approximate surface area is 126 Å². The van der Waals surface area contributed by atoms with Gasteiger partial charge in [-0.3, -0.25) is 9.78 Å². The number of hydrogen-bond acceptors (Lipinski definition) is 3. The minimum absolute atomic E-state index is 0.0145. The maximum atomic E-state index is 12.7. The summed E-state index contributed by atoms with van der Waals surface area (Å²) in [4.78, 5) is 20.7. The molecule has 5 heteroatoms. The number of amides is 1. The fourth-order valence-corrected chi connectivity index (χ4v) is 2.77. The average molecular weight is 332 g/mol. The largest absolute Gasteiger partial charge is 0.371 e. The lowest BCUT2D eigenvalue weighted by atomic mass is 10.1. The normalized spacial score (nSPS) is 14.1. The summed E-state index contributed by atoms with van der Waals surface area (Å²) in [6, 6.07) is 9.76. The molecular formula is C15H14BrN3O. The van der Waals surface area contributed by atoms with Crippen molar-refractivity contribution in [2.45, 2.75) is 0 Å². The number of rotatable bonds is 1. The molecule has 1 aromatic carbocycles. The van der Waals surface area contributed by atoms with Crippen molar-refractivity contribution in [1.29, 1.82) is 0 Å². The number of para-hydroxylation sites is 2. The topological polar surface area (TPSA) is 36.4 Å². The fourth-order valence-electron chi connectivity index (χ4n) is 2.40. The molecule has 102 valence electrons. The minimum Gasteiger partial charge on any atom is -0.371 e. The van der Waals surface area contributed by atoms with Gasteiger partial charge in [-0.05, 0) is 34.1 Å². The van der Waals surface area contributed by atoms with Gasteiger partial charge in [-0.2, -0.15) is 0 Å². The van der Waals surface area contributed by atoms with Crippen molar-refractivity contribution in [3.8, 4) is 0 Å². The number of hydrogen-bond donors (Lipinski definition) is 0. The second-order valence-corrected chi connectivity index (χ2v) is 5.67. The van der Waals surface area contributed by atoms with Crippen LogP contribution in [0.3, 0.4) is 0 Å². The molecular weight excluding hydrogens is 318 g/mol. The van der Waals surface area contributed by atoms with Crippen LogP contribution >= 0.6 is 15.9 Å². The molecule has 0 unspecified atom stereocenters. The van der Waals surface area contributed by atoms with Crippen molar-refractivity contribution in [3.63, 3.8) is 0 Å². The van der Waals surface area contributed by atoms with Crippen LogP contribution in [0.5, 0.6) is 0 Å². The summed E-state index contributed by atoms with van der Waals surface area (Å²) >= 11 is 3.35. The van der Waals surface area contributed by atoms with E-state index >= 15 is 0 Å². The Morgan fingerprint density at radius 2 is 1.95 bits per heavy atom. The highest BCUT2D eigenvalue weighted by molar-refractivity contribution is 9.10. The molecule has 0 atom stereocenters. The molecule has 2 aromatic rings. The molecule has 1 aliphatic rings. The second-order valence-electron chi connectivity index (χ2n) is 4.76. The van der Waals surface area contributed by atoms with Crippen LogP contribution < -0.4 is 9.80 Å². The molecule has 0 aliphatic carbocycles. The molecule has 0 N–H and O–H groups in total. The van der Waals surface area contributed by atoms with E-state index in [2.05, 4.69) is 25.8 Å². The number of carbonyl (C=O) groups is 1. The SMILES string of the molecule is CN1CCN(C(=O)c2cncc(Br)c2)c2ccccc21. The van der Waals surface area contributed by atoms with Gasteiger partial charge in [-0.1, -0.05) is 12.1 Å². The highest BCUT2D eigenvalue weighted by Crippen LogP contribution is 2.32. The van der Waals surface area contributed by atoms with Gasteiger partial charge < -0.3 is 9.80 Å². The Morgan fingerprint density at radius 3 is 2.70 bits per heavy atom. The number of benzene rings is 1. The van der Waals surface area contributed by atoms with Gasteiger partial charge >= 0.3 is 0 Å². The smallest absolute Gasteiger partial charge is 0.260 e. The molecule has 0 bridgehead atoms. The third kappa shape index (κ3) is 2.29. The van der Waals surface area contributed by atoms with Crippen molar-refractivity contribution in [1.82, 2.24) is 4.98 Å². The van der Waals surface area contributed by atoms with Gasteiger partial charge in [0.25, 0.3) is 5.91 Å². The lowest BCUT2D eigenvalue weighted by Gasteiger charge is -2.35. The molecule has 4 nitrogen and oxygen atoms in total. The molecule has 0 saturated carbocycles. The van der Waals surface area contributed by atoms with E-state index in [1.807, 2.05) is 36.2 Å². The molecule has 0 saturated heterocycles. The van der Waals surface area contributed by atoms with Crippen LogP contribution in [-0.2, 0) is 0 Å². The van der Waals surface area contributed by atoms with E-state index in [0.29, 0.717) is 12.1 Å². The lowest BCUT2D eigenvalue weighted by Crippen LogP contribution is -2.42. The standard InChI is InChI=1S/C15H14BrN3O/c1-18-6-7-19(14-5-3-2-4-13(14)18)15(20)11-8-12(16)10-17-9-11/h2-5,8-10H,6-7H2,1H3. The zero-order valence-electron chi connectivity index (χ0n) is 11.1. The van der Waals surface area contributed by atoms with Crippen LogP contribution in [0.15, 0.2) is 47.2 Å². The van der Waals surface area contributed by atoms with Crippen LogP contribution in [0.2, 0.25) is 0 Å². The van der Waals surface area contributed by atoms with Gasteiger partial charge in [0.1, 0.15) is 0 Å². The lowest BCUT2D eigenvalue weighted by molar-refractivity contribution is 0.0986. The first-order valence-electron chi connectivity index (χ1n) is 6.39. The quantitative estimate of drug-likeness (QED) is 0.806. The molecule has 2 heterocycles. The molecule has 0 spiro atoms. The summed E-state index contributed by atoms with van der Waals surface area (Å²) in [6.45, 7) is 1.50. The number of pyridine rings is 1. The predicted molar refractivity (Wildman–Crippen MR) is 83.3 cm³/mol. The summed E-state index contributed by atoms with van der Waals surface area (Å²) in [6.07, 6.45) is 3.28. The van der Waals surface area contributed by atoms with E-state index in [1.54, 1.807) is 18.5 Å². The van der Waals surface area contributed by atoms with Gasteiger partial charge in [0.2, 0.25) is 0 Å². The Morgan fingerprint density at radius 1 is 1.20 bits per heavy atom. The van der Waals surface area contributed by atoms with Crippen LogP contribution in [0.4, 0.5) is 11.4 Å². The van der Waals surface area contributed by atoms with Gasteiger partial charge in [-0.25, -0.2) is 0 Å². The number of fused-ring (bicyclic) bond motifs is 1. The number of anilines is 2. The van der Waals surface area contributed by atoms with E-state index < -0.39 is 0 Å². The summed E-state index contributed by atoms with van der Waals surface area (Å²) in [5.74, 6) is -0.0145. The van der Waals surface area contributed by atoms with Gasteiger partial charge in [0.15, 0.2) is 0 Å². The van der Waals surface area contributed by atoms with Gasteiger partial charge in [-0.15, -0.1) is 0 Å². The number of nitrogens with zero attached hydrogens (tertiary/aromatic N) is 3. The summed E-state index contributed by atoms with van der Waals surface area (Å²) < 4.78 is 0.811. The van der Waals surface area contributed by atoms with Crippen molar-refractivity contribution in [3.05, 3.63) is 52.8 Å². The number of aromatic nitrogens is 1. The van der Waals surface area contributed by atoms with Crippen molar-refractivity contribution in [2.75, 3.05) is 29.9 Å². The second kappa shape index (κ2) is 5.25. The summed E-state index contributed by atoms with van der Waals surface area (Å²) in [5.41, 5.74) is 2.63. The Balaban J connectivity index is 1.99. The molecule has 3 rings (SSSR count). The van der Waals surface area contributed by atoms with Crippen molar-refractivity contribution < 1.29 is 4.79 Å². The summed E-state index contributed by atoms with van der Waals surface area (Å²) in [7, 11) is 2.04. The Hall–Kier alpha value is -1.88. The summed E-state index contributed by atoms with van der Waals surface area (Å²) in [5, 5.41) is 0.